The van der Waals surface area contributed by atoms with Crippen LogP contribution in [0.2, 0.25) is 0 Å². The maximum absolute atomic E-state index is 13.0. The van der Waals surface area contributed by atoms with Gasteiger partial charge in [0, 0.05) is 29.0 Å². The number of ether oxygens (including phenoxy) is 1. The lowest BCUT2D eigenvalue weighted by Crippen LogP contribution is -2.25. The van der Waals surface area contributed by atoms with Crippen LogP contribution in [-0.4, -0.2) is 52.9 Å². The van der Waals surface area contributed by atoms with Crippen LogP contribution in [0.1, 0.15) is 39.1 Å². The molecule has 0 radical (unpaired) electrons. The molecular formula is C31H32N6O3. The lowest BCUT2D eigenvalue weighted by atomic mass is 10.1. The van der Waals surface area contributed by atoms with Gasteiger partial charge in [0.15, 0.2) is 0 Å². The standard InChI is InChI=1S/C31H32N6O3/c1-22-9-10-25(34-29(38)23-7-3-2-4-8-23)19-28(22)30(39)35-26-20-32-31(33-21-26)36-24-11-13-27(14-12-24)40-18-17-37-15-5-6-16-37/h2-4,7-14,19-21H,5-6,15-18H2,1H3,(H,34,38)(H,35,39)(H,32,33,36). The van der Waals surface area contributed by atoms with E-state index in [0.29, 0.717) is 35.1 Å². The van der Waals surface area contributed by atoms with E-state index in [2.05, 4.69) is 30.8 Å². The van der Waals surface area contributed by atoms with Crippen molar-refractivity contribution in [2.75, 3.05) is 42.2 Å². The molecule has 0 atom stereocenters. The van der Waals surface area contributed by atoms with Gasteiger partial charge in [0.2, 0.25) is 5.95 Å². The van der Waals surface area contributed by atoms with Crippen molar-refractivity contribution in [1.82, 2.24) is 14.9 Å². The molecule has 1 aliphatic heterocycles. The lowest BCUT2D eigenvalue weighted by Gasteiger charge is -2.15. The quantitative estimate of drug-likeness (QED) is 0.245. The van der Waals surface area contributed by atoms with Crippen molar-refractivity contribution < 1.29 is 14.3 Å². The van der Waals surface area contributed by atoms with Crippen LogP contribution in [-0.2, 0) is 0 Å². The zero-order valence-corrected chi connectivity index (χ0v) is 22.4. The maximum Gasteiger partial charge on any atom is 0.256 e. The second-order valence-electron chi connectivity index (χ2n) is 9.65. The van der Waals surface area contributed by atoms with Gasteiger partial charge in [-0.05, 0) is 86.9 Å². The van der Waals surface area contributed by atoms with Crippen LogP contribution < -0.4 is 20.7 Å². The predicted octanol–water partition coefficient (Wildman–Crippen LogP) is 5.51. The van der Waals surface area contributed by atoms with Gasteiger partial charge in [-0.15, -0.1) is 0 Å². The molecule has 3 aromatic carbocycles. The fourth-order valence-electron chi connectivity index (χ4n) is 4.46. The van der Waals surface area contributed by atoms with Crippen LogP contribution in [0, 0.1) is 6.92 Å². The highest BCUT2D eigenvalue weighted by Gasteiger charge is 2.14. The molecule has 204 valence electrons. The van der Waals surface area contributed by atoms with Crippen molar-refractivity contribution in [3.63, 3.8) is 0 Å². The number of aryl methyl sites for hydroxylation is 1. The average molecular weight is 537 g/mol. The first-order valence-electron chi connectivity index (χ1n) is 13.4. The molecule has 4 aromatic rings. The van der Waals surface area contributed by atoms with Crippen molar-refractivity contribution in [2.45, 2.75) is 19.8 Å². The third-order valence-electron chi connectivity index (χ3n) is 6.67. The molecule has 2 amide bonds. The van der Waals surface area contributed by atoms with E-state index in [1.54, 1.807) is 54.9 Å². The van der Waals surface area contributed by atoms with Gasteiger partial charge in [0.1, 0.15) is 12.4 Å². The zero-order chi connectivity index (χ0) is 27.7. The Hall–Kier alpha value is -4.76. The highest BCUT2D eigenvalue weighted by Crippen LogP contribution is 2.21. The van der Waals surface area contributed by atoms with Gasteiger partial charge >= 0.3 is 0 Å². The summed E-state index contributed by atoms with van der Waals surface area (Å²) in [4.78, 5) is 36.5. The van der Waals surface area contributed by atoms with Crippen LogP contribution in [0.3, 0.4) is 0 Å². The number of hydrogen-bond donors (Lipinski definition) is 3. The van der Waals surface area contributed by atoms with Gasteiger partial charge in [-0.2, -0.15) is 0 Å². The smallest absolute Gasteiger partial charge is 0.256 e. The number of hydrogen-bond acceptors (Lipinski definition) is 7. The first kappa shape index (κ1) is 26.8. The molecule has 1 aromatic heterocycles. The zero-order valence-electron chi connectivity index (χ0n) is 22.4. The van der Waals surface area contributed by atoms with E-state index in [-0.39, 0.29) is 11.8 Å². The number of likely N-dealkylation sites (tertiary alicyclic amines) is 1. The minimum Gasteiger partial charge on any atom is -0.492 e. The van der Waals surface area contributed by atoms with E-state index >= 15 is 0 Å². The second kappa shape index (κ2) is 12.9. The third-order valence-corrected chi connectivity index (χ3v) is 6.67. The summed E-state index contributed by atoms with van der Waals surface area (Å²) >= 11 is 0. The Labute approximate surface area is 233 Å². The molecule has 0 unspecified atom stereocenters. The van der Waals surface area contributed by atoms with Crippen LogP contribution in [0.4, 0.5) is 23.0 Å². The van der Waals surface area contributed by atoms with Gasteiger partial charge in [0.05, 0.1) is 18.1 Å². The highest BCUT2D eigenvalue weighted by atomic mass is 16.5. The molecule has 3 N–H and O–H groups in total. The molecule has 5 rings (SSSR count). The van der Waals surface area contributed by atoms with Crippen LogP contribution in [0.25, 0.3) is 0 Å². The summed E-state index contributed by atoms with van der Waals surface area (Å²) in [6.07, 6.45) is 5.64. The van der Waals surface area contributed by atoms with Gasteiger partial charge in [-0.3, -0.25) is 14.5 Å². The topological polar surface area (TPSA) is 108 Å². The van der Waals surface area contributed by atoms with Gasteiger partial charge in [-0.1, -0.05) is 24.3 Å². The van der Waals surface area contributed by atoms with Crippen molar-refractivity contribution in [3.05, 3.63) is 102 Å². The molecule has 0 aliphatic carbocycles. The highest BCUT2D eigenvalue weighted by molar-refractivity contribution is 6.08. The second-order valence-corrected chi connectivity index (χ2v) is 9.65. The summed E-state index contributed by atoms with van der Waals surface area (Å²) in [6, 6.07) is 21.8. The van der Waals surface area contributed by atoms with E-state index in [1.807, 2.05) is 37.3 Å². The Morgan fingerprint density at radius 1 is 0.825 bits per heavy atom. The monoisotopic (exact) mass is 536 g/mol. The van der Waals surface area contributed by atoms with Gasteiger partial charge in [0.25, 0.3) is 11.8 Å². The van der Waals surface area contributed by atoms with E-state index < -0.39 is 0 Å². The van der Waals surface area contributed by atoms with E-state index in [1.165, 1.54) is 12.8 Å². The molecule has 1 aliphatic rings. The summed E-state index contributed by atoms with van der Waals surface area (Å²) < 4.78 is 5.86. The SMILES string of the molecule is Cc1ccc(NC(=O)c2ccccc2)cc1C(=O)Nc1cnc(Nc2ccc(OCCN3CCCC3)cc2)nc1. The number of rotatable bonds is 10. The van der Waals surface area contributed by atoms with Crippen LogP contribution >= 0.6 is 0 Å². The average Bonchev–Trinajstić information content (AvgIpc) is 3.50. The Bertz CT molecular complexity index is 1440. The maximum atomic E-state index is 13.0. The molecule has 9 nitrogen and oxygen atoms in total. The lowest BCUT2D eigenvalue weighted by molar-refractivity contribution is 0.101. The number of nitrogens with one attached hydrogen (secondary N) is 3. The minimum atomic E-state index is -0.321. The summed E-state index contributed by atoms with van der Waals surface area (Å²) in [6.45, 7) is 5.79. The number of aromatic nitrogens is 2. The molecule has 9 heteroatoms. The van der Waals surface area contributed by atoms with Crippen LogP contribution in [0.5, 0.6) is 5.75 Å². The molecule has 2 heterocycles. The van der Waals surface area contributed by atoms with Crippen molar-refractivity contribution in [3.8, 4) is 5.75 Å². The fourth-order valence-corrected chi connectivity index (χ4v) is 4.46. The Morgan fingerprint density at radius 3 is 2.23 bits per heavy atom. The van der Waals surface area contributed by atoms with Crippen molar-refractivity contribution in [2.24, 2.45) is 0 Å². The van der Waals surface area contributed by atoms with Crippen molar-refractivity contribution in [1.29, 1.82) is 0 Å². The molecule has 40 heavy (non-hydrogen) atoms. The first-order chi connectivity index (χ1) is 19.5. The fraction of sp³-hybridized carbons (Fsp3) is 0.226. The third kappa shape index (κ3) is 7.21. The number of carbonyl (C=O) groups excluding carboxylic acids is 2. The number of anilines is 4. The summed E-state index contributed by atoms with van der Waals surface area (Å²) in [5.74, 6) is 0.662. The van der Waals surface area contributed by atoms with E-state index in [0.717, 1.165) is 36.6 Å². The number of carbonyl (C=O) groups is 2. The van der Waals surface area contributed by atoms with Crippen LogP contribution in [0.15, 0.2) is 85.2 Å². The largest absolute Gasteiger partial charge is 0.492 e. The van der Waals surface area contributed by atoms with E-state index in [9.17, 15) is 9.59 Å². The van der Waals surface area contributed by atoms with Gasteiger partial charge in [-0.25, -0.2) is 9.97 Å². The van der Waals surface area contributed by atoms with Crippen molar-refractivity contribution >= 4 is 34.8 Å². The molecule has 0 spiro atoms. The minimum absolute atomic E-state index is 0.244. The predicted molar refractivity (Wildman–Crippen MR) is 156 cm³/mol. The Kier molecular flexibility index (Phi) is 8.63. The molecule has 0 bridgehead atoms. The number of benzene rings is 3. The summed E-state index contributed by atoms with van der Waals surface area (Å²) in [7, 11) is 0. The molecular weight excluding hydrogens is 504 g/mol. The number of amides is 2. The van der Waals surface area contributed by atoms with Gasteiger partial charge < -0.3 is 20.7 Å². The first-order valence-corrected chi connectivity index (χ1v) is 13.4. The molecule has 0 saturated carbocycles. The Balaban J connectivity index is 1.14. The Morgan fingerprint density at radius 2 is 1.50 bits per heavy atom. The number of nitrogens with zero attached hydrogens (tertiary/aromatic N) is 3. The summed E-state index contributed by atoms with van der Waals surface area (Å²) in [5.41, 5.74) is 3.57. The molecule has 1 saturated heterocycles. The molecule has 1 fully saturated rings. The normalized spacial score (nSPS) is 13.0. The summed E-state index contributed by atoms with van der Waals surface area (Å²) in [5, 5.41) is 8.82. The van der Waals surface area contributed by atoms with E-state index in [4.69, 9.17) is 4.74 Å².